The summed E-state index contributed by atoms with van der Waals surface area (Å²) in [5.41, 5.74) is 4.76. The summed E-state index contributed by atoms with van der Waals surface area (Å²) in [4.78, 5) is 13.8. The molecule has 2 aromatic heterocycles. The summed E-state index contributed by atoms with van der Waals surface area (Å²) in [5.74, 6) is 2.45. The number of hydrogen-bond acceptors (Lipinski definition) is 0. The van der Waals surface area contributed by atoms with E-state index in [4.69, 9.17) is 0 Å². The highest BCUT2D eigenvalue weighted by atomic mass is 35.5. The molecule has 0 spiro atoms. The van der Waals surface area contributed by atoms with Crippen LogP contribution in [0.1, 0.15) is 30.9 Å². The fourth-order valence-electron chi connectivity index (χ4n) is 3.15. The smallest absolute Gasteiger partial charge is 0.252 e. The molecule has 4 rings (SSSR count). The summed E-state index contributed by atoms with van der Waals surface area (Å²) < 4.78 is 0. The first-order valence-electron chi connectivity index (χ1n) is 8.36. The molecule has 0 bridgehead atoms. The number of aromatic amines is 4. The number of hydrogen-bond donors (Lipinski definition) is 2. The highest BCUT2D eigenvalue weighted by Crippen LogP contribution is 2.11. The normalized spacial score (nSPS) is 9.78. The number of imidazole rings is 2. The van der Waals surface area contributed by atoms with Crippen LogP contribution in [0.4, 0.5) is 0 Å². The Bertz CT molecular complexity index is 797. The lowest BCUT2D eigenvalue weighted by Gasteiger charge is -1.94. The molecule has 0 saturated heterocycles. The highest BCUT2D eigenvalue weighted by molar-refractivity contribution is 5.71. The fourth-order valence-corrected chi connectivity index (χ4v) is 3.15. The number of benzene rings is 2. The third-order valence-electron chi connectivity index (χ3n) is 4.35. The zero-order valence-corrected chi connectivity index (χ0v) is 16.4. The Morgan fingerprint density at radius 2 is 1.00 bits per heavy atom. The molecule has 6 nitrogen and oxygen atoms in total. The topological polar surface area (TPSA) is 123 Å². The Balaban J connectivity index is 0.00000169. The maximum Gasteiger partial charge on any atom is 0.252 e. The van der Waals surface area contributed by atoms with Crippen LogP contribution >= 0.6 is 0 Å². The minimum atomic E-state index is 0. The summed E-state index contributed by atoms with van der Waals surface area (Å²) in [6.07, 6.45) is 5.77. The first-order chi connectivity index (χ1) is 11.4. The summed E-state index contributed by atoms with van der Waals surface area (Å²) in [6, 6.07) is 16.7. The number of unbranched alkanes of at least 4 members (excludes halogenated alkanes) is 2. The van der Waals surface area contributed by atoms with E-state index in [1.807, 2.05) is 0 Å². The number of fused-ring (bicyclic) bond motifs is 2. The fraction of sp³-hybridized carbons (Fsp3) is 0.263. The van der Waals surface area contributed by atoms with E-state index < -0.39 is 0 Å². The van der Waals surface area contributed by atoms with Gasteiger partial charge in [0.1, 0.15) is 0 Å². The molecule has 0 aliphatic carbocycles. The molecule has 0 atom stereocenters. The van der Waals surface area contributed by atoms with Crippen molar-refractivity contribution in [3.05, 3.63) is 60.2 Å². The van der Waals surface area contributed by atoms with Crippen molar-refractivity contribution in [3.63, 3.8) is 0 Å². The molecule has 8 N–H and O–H groups in total. The van der Waals surface area contributed by atoms with E-state index in [1.165, 1.54) is 53.0 Å². The SMILES string of the molecule is O.O.[Cl-].[Cl-].c1ccc2[nH+]c(CCCCCc3[nH]c4ccccc4[nH+]3)[nH]c2c1. The molecule has 0 amide bonds. The largest absolute Gasteiger partial charge is 1.00 e. The molecule has 0 radical (unpaired) electrons. The van der Waals surface area contributed by atoms with E-state index in [1.54, 1.807) is 0 Å². The lowest BCUT2D eigenvalue weighted by molar-refractivity contribution is -0.358. The molecule has 4 aromatic rings. The van der Waals surface area contributed by atoms with Gasteiger partial charge in [-0.2, -0.15) is 0 Å². The van der Waals surface area contributed by atoms with Crippen LogP contribution in [-0.2, 0) is 12.8 Å². The Kier molecular flexibility index (Phi) is 10.7. The van der Waals surface area contributed by atoms with Gasteiger partial charge in [0, 0.05) is 12.8 Å². The Hall–Kier alpha value is -2.12. The molecule has 8 heteroatoms. The van der Waals surface area contributed by atoms with Crippen LogP contribution in [0.25, 0.3) is 22.1 Å². The van der Waals surface area contributed by atoms with Crippen LogP contribution in [0.5, 0.6) is 0 Å². The molecule has 2 heterocycles. The molecular formula is C19H26Cl2N4O2. The van der Waals surface area contributed by atoms with Crippen LogP contribution in [0.15, 0.2) is 48.5 Å². The number of para-hydroxylation sites is 4. The van der Waals surface area contributed by atoms with E-state index in [-0.39, 0.29) is 35.8 Å². The predicted octanol–water partition coefficient (Wildman–Crippen LogP) is -4.41. The van der Waals surface area contributed by atoms with Crippen molar-refractivity contribution in [2.75, 3.05) is 0 Å². The van der Waals surface area contributed by atoms with Gasteiger partial charge in [-0.15, -0.1) is 0 Å². The second-order valence-electron chi connectivity index (χ2n) is 6.11. The van der Waals surface area contributed by atoms with E-state index in [0.29, 0.717) is 0 Å². The zero-order chi connectivity index (χ0) is 15.5. The Morgan fingerprint density at radius 3 is 1.41 bits per heavy atom. The third kappa shape index (κ3) is 5.94. The van der Waals surface area contributed by atoms with E-state index >= 15 is 0 Å². The number of nitrogens with one attached hydrogen (secondary N) is 4. The summed E-state index contributed by atoms with van der Waals surface area (Å²) in [7, 11) is 0. The number of aromatic nitrogens is 4. The molecule has 0 fully saturated rings. The number of rotatable bonds is 6. The first-order valence-corrected chi connectivity index (χ1v) is 8.36. The second-order valence-corrected chi connectivity index (χ2v) is 6.11. The standard InChI is InChI=1S/C19H20N4.2ClH.2H2O/c1(2-12-18-20-14-8-4-5-9-15(14)21-18)3-13-19-22-16-10-6-7-11-17(16)23-19;;;;/h4-11H,1-3,12-13H2,(H,20,21)(H,22,23);2*1H;2*1H2. The lowest BCUT2D eigenvalue weighted by atomic mass is 10.1. The van der Waals surface area contributed by atoms with Crippen LogP contribution in [0.3, 0.4) is 0 Å². The lowest BCUT2D eigenvalue weighted by Crippen LogP contribution is -3.00. The molecule has 148 valence electrons. The van der Waals surface area contributed by atoms with Crippen molar-refractivity contribution in [1.82, 2.24) is 9.97 Å². The van der Waals surface area contributed by atoms with Crippen molar-refractivity contribution in [3.8, 4) is 0 Å². The number of H-pyrrole nitrogens is 4. The molecule has 2 aromatic carbocycles. The van der Waals surface area contributed by atoms with E-state index in [0.717, 1.165) is 12.8 Å². The molecule has 0 aliphatic rings. The van der Waals surface area contributed by atoms with Gasteiger partial charge < -0.3 is 35.8 Å². The van der Waals surface area contributed by atoms with Crippen LogP contribution < -0.4 is 34.8 Å². The van der Waals surface area contributed by atoms with Crippen molar-refractivity contribution < 1.29 is 45.7 Å². The van der Waals surface area contributed by atoms with E-state index in [2.05, 4.69) is 68.5 Å². The monoisotopic (exact) mass is 412 g/mol. The number of aryl methyl sites for hydroxylation is 2. The van der Waals surface area contributed by atoms with Gasteiger partial charge in [0.15, 0.2) is 22.1 Å². The van der Waals surface area contributed by atoms with Crippen molar-refractivity contribution >= 4 is 22.1 Å². The van der Waals surface area contributed by atoms with Crippen LogP contribution in [0, 0.1) is 0 Å². The summed E-state index contributed by atoms with van der Waals surface area (Å²) in [5, 5.41) is 0. The quantitative estimate of drug-likeness (QED) is 0.297. The molecule has 0 unspecified atom stereocenters. The summed E-state index contributed by atoms with van der Waals surface area (Å²) >= 11 is 0. The predicted molar refractivity (Wildman–Crippen MR) is 98.2 cm³/mol. The van der Waals surface area contributed by atoms with Gasteiger partial charge in [-0.25, -0.2) is 19.9 Å². The van der Waals surface area contributed by atoms with Crippen molar-refractivity contribution in [2.45, 2.75) is 32.1 Å². The minimum Gasteiger partial charge on any atom is -1.00 e. The van der Waals surface area contributed by atoms with Gasteiger partial charge in [0.05, 0.1) is 0 Å². The molecule has 27 heavy (non-hydrogen) atoms. The Morgan fingerprint density at radius 1 is 0.593 bits per heavy atom. The van der Waals surface area contributed by atoms with E-state index in [9.17, 15) is 0 Å². The molecule has 0 saturated carbocycles. The average Bonchev–Trinajstić information content (AvgIpc) is 3.17. The maximum atomic E-state index is 3.45. The van der Waals surface area contributed by atoms with Crippen molar-refractivity contribution in [2.24, 2.45) is 0 Å². The van der Waals surface area contributed by atoms with Crippen LogP contribution in [-0.4, -0.2) is 20.9 Å². The highest BCUT2D eigenvalue weighted by Gasteiger charge is 2.10. The average molecular weight is 413 g/mol. The third-order valence-corrected chi connectivity index (χ3v) is 4.35. The maximum absolute atomic E-state index is 3.45. The van der Waals surface area contributed by atoms with Gasteiger partial charge in [0.2, 0.25) is 0 Å². The molecular weight excluding hydrogens is 387 g/mol. The van der Waals surface area contributed by atoms with Gasteiger partial charge in [-0.1, -0.05) is 30.7 Å². The first kappa shape index (κ1) is 24.9. The van der Waals surface area contributed by atoms with Crippen LogP contribution in [0.2, 0.25) is 0 Å². The van der Waals surface area contributed by atoms with Gasteiger partial charge in [0.25, 0.3) is 11.6 Å². The number of halogens is 2. The van der Waals surface area contributed by atoms with Gasteiger partial charge in [-0.3, -0.25) is 0 Å². The zero-order valence-electron chi connectivity index (χ0n) is 14.9. The molecule has 0 aliphatic heterocycles. The van der Waals surface area contributed by atoms with Gasteiger partial charge >= 0.3 is 0 Å². The van der Waals surface area contributed by atoms with Gasteiger partial charge in [-0.05, 0) is 37.1 Å². The van der Waals surface area contributed by atoms with Crippen molar-refractivity contribution in [1.29, 1.82) is 0 Å². The summed E-state index contributed by atoms with van der Waals surface area (Å²) in [6.45, 7) is 0. The Labute approximate surface area is 170 Å². The minimum absolute atomic E-state index is 0. The second kappa shape index (κ2) is 11.6.